The fourth-order valence-corrected chi connectivity index (χ4v) is 2.93. The van der Waals surface area contributed by atoms with E-state index in [1.807, 2.05) is 56.0 Å². The van der Waals surface area contributed by atoms with Gasteiger partial charge in [0, 0.05) is 25.9 Å². The predicted molar refractivity (Wildman–Crippen MR) is 92.0 cm³/mol. The maximum Gasteiger partial charge on any atom is 0.245 e. The second kappa shape index (κ2) is 7.62. The van der Waals surface area contributed by atoms with Crippen LogP contribution in [0.2, 0.25) is 0 Å². The molecule has 0 saturated carbocycles. The van der Waals surface area contributed by atoms with Crippen molar-refractivity contribution >= 4 is 11.8 Å². The first-order chi connectivity index (χ1) is 10.8. The highest BCUT2D eigenvalue weighted by molar-refractivity contribution is 5.88. The minimum absolute atomic E-state index is 0.0496. The summed E-state index contributed by atoms with van der Waals surface area (Å²) >= 11 is 0. The lowest BCUT2D eigenvalue weighted by Crippen LogP contribution is -2.49. The first kappa shape index (κ1) is 17.5. The topological polar surface area (TPSA) is 49.4 Å². The molecule has 0 aliphatic carbocycles. The van der Waals surface area contributed by atoms with Crippen molar-refractivity contribution in [3.63, 3.8) is 0 Å². The molecule has 1 fully saturated rings. The smallest absolute Gasteiger partial charge is 0.245 e. The molecule has 1 heterocycles. The Hall–Kier alpha value is -1.84. The number of nitrogens with zero attached hydrogens (tertiary/aromatic N) is 1. The van der Waals surface area contributed by atoms with Gasteiger partial charge in [0.15, 0.2) is 0 Å². The Kier molecular flexibility index (Phi) is 5.80. The SMILES string of the molecule is CC(C)(C)CC(=O)N[C@@H](Cc1ccccc1)C(=O)N1CCCC1. The number of hydrogen-bond acceptors (Lipinski definition) is 2. The van der Waals surface area contributed by atoms with Gasteiger partial charge in [0.25, 0.3) is 0 Å². The summed E-state index contributed by atoms with van der Waals surface area (Å²) in [7, 11) is 0. The summed E-state index contributed by atoms with van der Waals surface area (Å²) < 4.78 is 0. The van der Waals surface area contributed by atoms with Crippen molar-refractivity contribution in [3.05, 3.63) is 35.9 Å². The van der Waals surface area contributed by atoms with Gasteiger partial charge < -0.3 is 10.2 Å². The minimum Gasteiger partial charge on any atom is -0.344 e. The van der Waals surface area contributed by atoms with E-state index in [1.165, 1.54) is 0 Å². The third-order valence-corrected chi connectivity index (χ3v) is 4.02. The molecule has 0 aromatic heterocycles. The van der Waals surface area contributed by atoms with Gasteiger partial charge in [-0.1, -0.05) is 51.1 Å². The van der Waals surface area contributed by atoms with Gasteiger partial charge in [-0.25, -0.2) is 0 Å². The molecule has 1 saturated heterocycles. The number of hydrogen-bond donors (Lipinski definition) is 1. The average molecular weight is 316 g/mol. The second-order valence-corrected chi connectivity index (χ2v) is 7.58. The van der Waals surface area contributed by atoms with Gasteiger partial charge in [-0.15, -0.1) is 0 Å². The molecular formula is C19H28N2O2. The van der Waals surface area contributed by atoms with Gasteiger partial charge in [0.2, 0.25) is 11.8 Å². The largest absolute Gasteiger partial charge is 0.344 e. The van der Waals surface area contributed by atoms with E-state index in [0.29, 0.717) is 12.8 Å². The molecule has 1 aliphatic rings. The molecule has 23 heavy (non-hydrogen) atoms. The molecule has 2 amide bonds. The number of amides is 2. The number of likely N-dealkylation sites (tertiary alicyclic amines) is 1. The van der Waals surface area contributed by atoms with E-state index in [4.69, 9.17) is 0 Å². The van der Waals surface area contributed by atoms with Crippen molar-refractivity contribution in [2.24, 2.45) is 5.41 Å². The van der Waals surface area contributed by atoms with E-state index in [9.17, 15) is 9.59 Å². The average Bonchev–Trinajstić information content (AvgIpc) is 2.99. The molecule has 2 rings (SSSR count). The molecule has 0 radical (unpaired) electrons. The van der Waals surface area contributed by atoms with Crippen LogP contribution in [0.3, 0.4) is 0 Å². The quantitative estimate of drug-likeness (QED) is 0.908. The molecule has 0 unspecified atom stereocenters. The zero-order chi connectivity index (χ0) is 16.9. The van der Waals surface area contributed by atoms with Crippen LogP contribution in [0.1, 0.15) is 45.6 Å². The molecule has 1 atom stereocenters. The number of nitrogens with one attached hydrogen (secondary N) is 1. The number of benzene rings is 1. The predicted octanol–water partition coefficient (Wildman–Crippen LogP) is 2.77. The van der Waals surface area contributed by atoms with E-state index in [-0.39, 0.29) is 17.2 Å². The van der Waals surface area contributed by atoms with Gasteiger partial charge in [-0.05, 0) is 23.8 Å². The summed E-state index contributed by atoms with van der Waals surface area (Å²) in [4.78, 5) is 26.9. The van der Waals surface area contributed by atoms with E-state index < -0.39 is 6.04 Å². The molecule has 4 nitrogen and oxygen atoms in total. The molecule has 1 aromatic rings. The molecule has 0 spiro atoms. The highest BCUT2D eigenvalue weighted by atomic mass is 16.2. The number of carbonyl (C=O) groups excluding carboxylic acids is 2. The van der Waals surface area contributed by atoms with Gasteiger partial charge in [0.1, 0.15) is 6.04 Å². The Morgan fingerprint density at radius 3 is 2.30 bits per heavy atom. The molecular weight excluding hydrogens is 288 g/mol. The van der Waals surface area contributed by atoms with Gasteiger partial charge in [-0.3, -0.25) is 9.59 Å². The van der Waals surface area contributed by atoms with Crippen molar-refractivity contribution < 1.29 is 9.59 Å². The molecule has 126 valence electrons. The summed E-state index contributed by atoms with van der Waals surface area (Å²) in [6.45, 7) is 7.70. The Bertz CT molecular complexity index is 528. The van der Waals surface area contributed by atoms with Crippen molar-refractivity contribution in [2.45, 2.75) is 52.5 Å². The summed E-state index contributed by atoms with van der Waals surface area (Å²) in [5.41, 5.74) is 0.985. The first-order valence-electron chi connectivity index (χ1n) is 8.47. The Morgan fingerprint density at radius 2 is 1.74 bits per heavy atom. The van der Waals surface area contributed by atoms with Gasteiger partial charge in [0.05, 0.1) is 0 Å². The number of rotatable bonds is 5. The molecule has 0 bridgehead atoms. The summed E-state index contributed by atoms with van der Waals surface area (Å²) in [5.74, 6) is -0.000379. The fraction of sp³-hybridized carbons (Fsp3) is 0.579. The van der Waals surface area contributed by atoms with E-state index >= 15 is 0 Å². The minimum atomic E-state index is -0.467. The molecule has 4 heteroatoms. The van der Waals surface area contributed by atoms with Gasteiger partial charge in [-0.2, -0.15) is 0 Å². The van der Waals surface area contributed by atoms with Crippen LogP contribution >= 0.6 is 0 Å². The maximum absolute atomic E-state index is 12.8. The number of carbonyl (C=O) groups is 2. The third-order valence-electron chi connectivity index (χ3n) is 4.02. The summed E-state index contributed by atoms with van der Waals surface area (Å²) in [5, 5.41) is 2.97. The highest BCUT2D eigenvalue weighted by Gasteiger charge is 2.29. The lowest BCUT2D eigenvalue weighted by atomic mass is 9.91. The second-order valence-electron chi connectivity index (χ2n) is 7.58. The third kappa shape index (κ3) is 5.70. The van der Waals surface area contributed by atoms with Crippen molar-refractivity contribution in [2.75, 3.05) is 13.1 Å². The standard InChI is InChI=1S/C19H28N2O2/c1-19(2,3)14-17(22)20-16(13-15-9-5-4-6-10-15)18(23)21-11-7-8-12-21/h4-6,9-10,16H,7-8,11-14H2,1-3H3,(H,20,22)/t16-/m0/s1. The lowest BCUT2D eigenvalue weighted by Gasteiger charge is -2.26. The normalized spacial score (nSPS) is 16.2. The Balaban J connectivity index is 2.07. The van der Waals surface area contributed by atoms with Crippen molar-refractivity contribution in [3.8, 4) is 0 Å². The molecule has 1 N–H and O–H groups in total. The monoisotopic (exact) mass is 316 g/mol. The molecule has 1 aliphatic heterocycles. The van der Waals surface area contributed by atoms with Crippen molar-refractivity contribution in [1.29, 1.82) is 0 Å². The summed E-state index contributed by atoms with van der Waals surface area (Å²) in [6, 6.07) is 9.41. The Labute approximate surface area is 139 Å². The van der Waals surface area contributed by atoms with Crippen LogP contribution in [-0.2, 0) is 16.0 Å². The maximum atomic E-state index is 12.8. The van der Waals surface area contributed by atoms with Crippen LogP contribution in [0.25, 0.3) is 0 Å². The van der Waals surface area contributed by atoms with E-state index in [1.54, 1.807) is 0 Å². The zero-order valence-electron chi connectivity index (χ0n) is 14.5. The van der Waals surface area contributed by atoms with Crippen LogP contribution < -0.4 is 5.32 Å². The zero-order valence-corrected chi connectivity index (χ0v) is 14.5. The Morgan fingerprint density at radius 1 is 1.13 bits per heavy atom. The first-order valence-corrected chi connectivity index (χ1v) is 8.47. The lowest BCUT2D eigenvalue weighted by molar-refractivity contribution is -0.136. The van der Waals surface area contributed by atoms with Crippen LogP contribution in [0.5, 0.6) is 0 Å². The van der Waals surface area contributed by atoms with Gasteiger partial charge >= 0.3 is 0 Å². The van der Waals surface area contributed by atoms with Crippen molar-refractivity contribution in [1.82, 2.24) is 10.2 Å². The highest BCUT2D eigenvalue weighted by Crippen LogP contribution is 2.19. The van der Waals surface area contributed by atoms with E-state index in [0.717, 1.165) is 31.5 Å². The van der Waals surface area contributed by atoms with Crippen LogP contribution in [0.4, 0.5) is 0 Å². The molecule has 1 aromatic carbocycles. The summed E-state index contributed by atoms with van der Waals surface area (Å²) in [6.07, 6.45) is 3.08. The van der Waals surface area contributed by atoms with E-state index in [2.05, 4.69) is 5.32 Å². The fourth-order valence-electron chi connectivity index (χ4n) is 2.93. The van der Waals surface area contributed by atoms with Crippen LogP contribution in [0, 0.1) is 5.41 Å². The van der Waals surface area contributed by atoms with Crippen LogP contribution in [-0.4, -0.2) is 35.8 Å². The van der Waals surface area contributed by atoms with Crippen LogP contribution in [0.15, 0.2) is 30.3 Å².